The number of fused-ring (bicyclic) bond motifs is 1. The predicted molar refractivity (Wildman–Crippen MR) is 85.7 cm³/mol. The molecule has 0 bridgehead atoms. The molecular formula is C16H14ClN3O2. The van der Waals surface area contributed by atoms with Gasteiger partial charge in [-0.05, 0) is 31.2 Å². The smallest absolute Gasteiger partial charge is 0.405 e. The maximum atomic E-state index is 10.9. The first-order chi connectivity index (χ1) is 10.6. The molecule has 0 saturated heterocycles. The van der Waals surface area contributed by atoms with Crippen molar-refractivity contribution in [2.75, 3.05) is 0 Å². The van der Waals surface area contributed by atoms with E-state index in [1.54, 1.807) is 13.0 Å². The summed E-state index contributed by atoms with van der Waals surface area (Å²) >= 11 is 6.23. The Morgan fingerprint density at radius 2 is 1.95 bits per heavy atom. The van der Waals surface area contributed by atoms with Gasteiger partial charge in [-0.15, -0.1) is 0 Å². The second-order valence-corrected chi connectivity index (χ2v) is 5.33. The van der Waals surface area contributed by atoms with E-state index in [0.717, 1.165) is 11.2 Å². The Kier molecular flexibility index (Phi) is 3.73. The number of carboxylic acid groups (broad SMARTS) is 1. The van der Waals surface area contributed by atoms with Gasteiger partial charge in [0.15, 0.2) is 0 Å². The fourth-order valence-electron chi connectivity index (χ4n) is 2.47. The minimum atomic E-state index is -1.09. The molecule has 1 amide bonds. The molecule has 3 rings (SSSR count). The van der Waals surface area contributed by atoms with E-state index in [1.807, 2.05) is 47.0 Å². The zero-order valence-electron chi connectivity index (χ0n) is 11.8. The van der Waals surface area contributed by atoms with Crippen LogP contribution in [-0.4, -0.2) is 20.8 Å². The van der Waals surface area contributed by atoms with E-state index in [1.165, 1.54) is 0 Å². The van der Waals surface area contributed by atoms with Crippen LogP contribution in [0.15, 0.2) is 48.5 Å². The van der Waals surface area contributed by atoms with Gasteiger partial charge in [-0.2, -0.15) is 0 Å². The fraction of sp³-hybridized carbons (Fsp3) is 0.125. The molecule has 1 aromatic heterocycles. The molecule has 1 atom stereocenters. The summed E-state index contributed by atoms with van der Waals surface area (Å²) < 4.78 is 1.92. The zero-order valence-corrected chi connectivity index (χ0v) is 12.6. The molecule has 2 N–H and O–H groups in total. The number of halogens is 1. The van der Waals surface area contributed by atoms with Gasteiger partial charge >= 0.3 is 6.09 Å². The van der Waals surface area contributed by atoms with Crippen molar-refractivity contribution in [3.05, 3.63) is 59.4 Å². The van der Waals surface area contributed by atoms with Crippen molar-refractivity contribution in [1.29, 1.82) is 0 Å². The lowest BCUT2D eigenvalue weighted by Gasteiger charge is -2.14. The molecule has 0 aliphatic rings. The number of amides is 1. The molecule has 1 heterocycles. The third kappa shape index (κ3) is 2.51. The average Bonchev–Trinajstić information content (AvgIpc) is 2.88. The number of rotatable bonds is 3. The Hall–Kier alpha value is -2.53. The van der Waals surface area contributed by atoms with Crippen LogP contribution in [0.3, 0.4) is 0 Å². The van der Waals surface area contributed by atoms with E-state index < -0.39 is 12.1 Å². The second-order valence-electron chi connectivity index (χ2n) is 4.92. The third-order valence-electron chi connectivity index (χ3n) is 3.40. The number of nitrogens with zero attached hydrogens (tertiary/aromatic N) is 2. The molecule has 112 valence electrons. The van der Waals surface area contributed by atoms with Crippen LogP contribution in [0.25, 0.3) is 16.7 Å². The summed E-state index contributed by atoms with van der Waals surface area (Å²) in [5.41, 5.74) is 2.40. The highest BCUT2D eigenvalue weighted by Gasteiger charge is 2.20. The van der Waals surface area contributed by atoms with Crippen molar-refractivity contribution in [1.82, 2.24) is 14.9 Å². The standard InChI is InChI=1S/C16H14ClN3O2/c1-10(18-16(21)22)15-19-14-12(17)8-5-9-13(14)20(15)11-6-3-2-4-7-11/h2-10,18H,1H3,(H,21,22)/t10-/m0/s1. The van der Waals surface area contributed by atoms with Gasteiger partial charge in [0.05, 0.1) is 16.6 Å². The topological polar surface area (TPSA) is 67.2 Å². The minimum Gasteiger partial charge on any atom is -0.465 e. The third-order valence-corrected chi connectivity index (χ3v) is 3.71. The lowest BCUT2D eigenvalue weighted by Crippen LogP contribution is -2.26. The summed E-state index contributed by atoms with van der Waals surface area (Å²) in [6.07, 6.45) is -1.09. The van der Waals surface area contributed by atoms with Crippen LogP contribution in [0.2, 0.25) is 5.02 Å². The molecule has 0 spiro atoms. The molecule has 0 saturated carbocycles. The molecule has 0 aliphatic heterocycles. The summed E-state index contributed by atoms with van der Waals surface area (Å²) in [7, 11) is 0. The summed E-state index contributed by atoms with van der Waals surface area (Å²) in [5, 5.41) is 11.9. The molecule has 6 heteroatoms. The number of benzene rings is 2. The molecule has 0 fully saturated rings. The van der Waals surface area contributed by atoms with Gasteiger partial charge in [0, 0.05) is 5.69 Å². The first-order valence-corrected chi connectivity index (χ1v) is 7.17. The van der Waals surface area contributed by atoms with Crippen molar-refractivity contribution in [2.24, 2.45) is 0 Å². The second kappa shape index (κ2) is 5.69. The van der Waals surface area contributed by atoms with E-state index in [-0.39, 0.29) is 0 Å². The van der Waals surface area contributed by atoms with E-state index in [2.05, 4.69) is 10.3 Å². The number of nitrogens with one attached hydrogen (secondary N) is 1. The zero-order chi connectivity index (χ0) is 15.7. The van der Waals surface area contributed by atoms with Gasteiger partial charge in [0.2, 0.25) is 0 Å². The summed E-state index contributed by atoms with van der Waals surface area (Å²) in [6, 6.07) is 14.7. The van der Waals surface area contributed by atoms with Crippen LogP contribution in [0.4, 0.5) is 4.79 Å². The van der Waals surface area contributed by atoms with Crippen molar-refractivity contribution < 1.29 is 9.90 Å². The average molecular weight is 316 g/mol. The normalized spacial score (nSPS) is 12.3. The SMILES string of the molecule is C[C@H](NC(=O)O)c1nc2c(Cl)cccc2n1-c1ccccc1. The summed E-state index contributed by atoms with van der Waals surface area (Å²) in [5.74, 6) is 0.594. The van der Waals surface area contributed by atoms with Crippen molar-refractivity contribution in [3.8, 4) is 5.69 Å². The van der Waals surface area contributed by atoms with Gasteiger partial charge < -0.3 is 10.4 Å². The van der Waals surface area contributed by atoms with Crippen molar-refractivity contribution in [3.63, 3.8) is 0 Å². The van der Waals surface area contributed by atoms with Crippen LogP contribution >= 0.6 is 11.6 Å². The van der Waals surface area contributed by atoms with E-state index >= 15 is 0 Å². The van der Waals surface area contributed by atoms with Gasteiger partial charge in [0.1, 0.15) is 11.3 Å². The Morgan fingerprint density at radius 1 is 1.23 bits per heavy atom. The maximum absolute atomic E-state index is 10.9. The van der Waals surface area contributed by atoms with Gasteiger partial charge in [-0.3, -0.25) is 4.57 Å². The number of aromatic nitrogens is 2. The summed E-state index contributed by atoms with van der Waals surface area (Å²) in [6.45, 7) is 1.75. The number of carbonyl (C=O) groups is 1. The minimum absolute atomic E-state index is 0.471. The molecule has 0 radical (unpaired) electrons. The molecule has 3 aromatic rings. The van der Waals surface area contributed by atoms with Gasteiger partial charge in [-0.25, -0.2) is 9.78 Å². The van der Waals surface area contributed by atoms with Gasteiger partial charge in [0.25, 0.3) is 0 Å². The molecule has 2 aromatic carbocycles. The van der Waals surface area contributed by atoms with Gasteiger partial charge in [-0.1, -0.05) is 35.9 Å². The fourth-order valence-corrected chi connectivity index (χ4v) is 2.68. The Morgan fingerprint density at radius 3 is 2.64 bits per heavy atom. The van der Waals surface area contributed by atoms with E-state index in [9.17, 15) is 4.79 Å². The van der Waals surface area contributed by atoms with Crippen LogP contribution in [0.5, 0.6) is 0 Å². The Balaban J connectivity index is 2.26. The van der Waals surface area contributed by atoms with Crippen LogP contribution in [-0.2, 0) is 0 Å². The first kappa shape index (κ1) is 14.4. The van der Waals surface area contributed by atoms with Crippen LogP contribution < -0.4 is 5.32 Å². The number of hydrogen-bond donors (Lipinski definition) is 2. The maximum Gasteiger partial charge on any atom is 0.405 e. The highest BCUT2D eigenvalue weighted by molar-refractivity contribution is 6.35. The number of para-hydroxylation sites is 2. The number of hydrogen-bond acceptors (Lipinski definition) is 2. The van der Waals surface area contributed by atoms with Crippen molar-refractivity contribution in [2.45, 2.75) is 13.0 Å². The van der Waals surface area contributed by atoms with Crippen molar-refractivity contribution >= 4 is 28.7 Å². The molecule has 22 heavy (non-hydrogen) atoms. The van der Waals surface area contributed by atoms with Crippen LogP contribution in [0, 0.1) is 0 Å². The Labute approximate surface area is 132 Å². The molecular weight excluding hydrogens is 302 g/mol. The lowest BCUT2D eigenvalue weighted by atomic mass is 10.2. The lowest BCUT2D eigenvalue weighted by molar-refractivity contribution is 0.190. The molecule has 0 aliphatic carbocycles. The Bertz CT molecular complexity index is 830. The highest BCUT2D eigenvalue weighted by Crippen LogP contribution is 2.29. The monoisotopic (exact) mass is 315 g/mol. The van der Waals surface area contributed by atoms with Crippen LogP contribution in [0.1, 0.15) is 18.8 Å². The first-order valence-electron chi connectivity index (χ1n) is 6.79. The highest BCUT2D eigenvalue weighted by atomic mass is 35.5. The summed E-state index contributed by atoms with van der Waals surface area (Å²) in [4.78, 5) is 15.5. The molecule has 0 unspecified atom stereocenters. The largest absolute Gasteiger partial charge is 0.465 e. The predicted octanol–water partition coefficient (Wildman–Crippen LogP) is 4.01. The number of imidazole rings is 1. The van der Waals surface area contributed by atoms with E-state index in [4.69, 9.17) is 16.7 Å². The quantitative estimate of drug-likeness (QED) is 0.767. The molecule has 5 nitrogen and oxygen atoms in total. The van der Waals surface area contributed by atoms with E-state index in [0.29, 0.717) is 16.4 Å².